The summed E-state index contributed by atoms with van der Waals surface area (Å²) in [6.07, 6.45) is 4.83. The number of nitrogen functional groups attached to an aromatic ring is 1. The second-order valence-electron chi connectivity index (χ2n) is 5.02. The smallest absolute Gasteiger partial charge is 0.337 e. The molecule has 1 atom stereocenters. The number of hydrogen-bond acceptors (Lipinski definition) is 4. The van der Waals surface area contributed by atoms with Crippen molar-refractivity contribution in [2.75, 3.05) is 24.3 Å². The number of carbonyl (C=O) groups excluding carboxylic acids is 1. The molecule has 1 aliphatic rings. The van der Waals surface area contributed by atoms with Crippen LogP contribution in [0.25, 0.3) is 0 Å². The summed E-state index contributed by atoms with van der Waals surface area (Å²) < 4.78 is 4.71. The molecule has 0 bridgehead atoms. The van der Waals surface area contributed by atoms with Crippen LogP contribution in [0.5, 0.6) is 0 Å². The number of ether oxygens (including phenoxy) is 1. The van der Waals surface area contributed by atoms with Gasteiger partial charge in [0.1, 0.15) is 0 Å². The van der Waals surface area contributed by atoms with Crippen LogP contribution >= 0.6 is 0 Å². The largest absolute Gasteiger partial charge is 0.465 e. The fraction of sp³-hybridized carbons (Fsp3) is 0.533. The Hall–Kier alpha value is -1.71. The molecule has 4 heteroatoms. The molecular formula is C15H22N2O2. The molecule has 2 N–H and O–H groups in total. The summed E-state index contributed by atoms with van der Waals surface area (Å²) in [4.78, 5) is 13.9. The van der Waals surface area contributed by atoms with E-state index in [9.17, 15) is 4.79 Å². The van der Waals surface area contributed by atoms with Crippen molar-refractivity contribution in [3.63, 3.8) is 0 Å². The first-order valence-corrected chi connectivity index (χ1v) is 6.91. The number of nitrogens with two attached hydrogens (primary N) is 1. The van der Waals surface area contributed by atoms with E-state index in [1.807, 2.05) is 6.07 Å². The molecule has 0 aliphatic carbocycles. The summed E-state index contributed by atoms with van der Waals surface area (Å²) >= 11 is 0. The van der Waals surface area contributed by atoms with Crippen molar-refractivity contribution < 1.29 is 9.53 Å². The molecule has 1 unspecified atom stereocenters. The Bertz CT molecular complexity index is 459. The van der Waals surface area contributed by atoms with Crippen LogP contribution < -0.4 is 10.6 Å². The van der Waals surface area contributed by atoms with Gasteiger partial charge in [0, 0.05) is 12.6 Å². The first kappa shape index (κ1) is 13.7. The lowest BCUT2D eigenvalue weighted by Crippen LogP contribution is -2.39. The van der Waals surface area contributed by atoms with Crippen LogP contribution in [0.1, 0.15) is 43.0 Å². The Kier molecular flexibility index (Phi) is 4.30. The van der Waals surface area contributed by atoms with E-state index in [0.717, 1.165) is 18.7 Å². The third-order valence-electron chi connectivity index (χ3n) is 3.86. The maximum absolute atomic E-state index is 11.5. The Morgan fingerprint density at radius 3 is 2.89 bits per heavy atom. The summed E-state index contributed by atoms with van der Waals surface area (Å²) in [5, 5.41) is 0. The lowest BCUT2D eigenvalue weighted by atomic mass is 9.98. The van der Waals surface area contributed by atoms with Crippen molar-refractivity contribution in [3.8, 4) is 0 Å². The topological polar surface area (TPSA) is 55.6 Å². The Balaban J connectivity index is 2.27. The average molecular weight is 262 g/mol. The zero-order chi connectivity index (χ0) is 13.8. The summed E-state index contributed by atoms with van der Waals surface area (Å²) in [7, 11) is 1.38. The van der Waals surface area contributed by atoms with Crippen LogP contribution in [-0.2, 0) is 4.74 Å². The molecule has 1 fully saturated rings. The van der Waals surface area contributed by atoms with Crippen LogP contribution in [0.15, 0.2) is 18.2 Å². The third kappa shape index (κ3) is 2.83. The monoisotopic (exact) mass is 262 g/mol. The molecule has 0 amide bonds. The van der Waals surface area contributed by atoms with Gasteiger partial charge in [-0.05, 0) is 43.9 Å². The number of benzene rings is 1. The first-order valence-electron chi connectivity index (χ1n) is 6.91. The molecule has 104 valence electrons. The molecule has 1 aromatic rings. The molecule has 4 nitrogen and oxygen atoms in total. The van der Waals surface area contributed by atoms with E-state index in [2.05, 4.69) is 11.8 Å². The summed E-state index contributed by atoms with van der Waals surface area (Å²) in [6.45, 7) is 3.25. The van der Waals surface area contributed by atoms with E-state index >= 15 is 0 Å². The minimum atomic E-state index is -0.344. The van der Waals surface area contributed by atoms with Gasteiger partial charge in [-0.1, -0.05) is 6.92 Å². The maximum Gasteiger partial charge on any atom is 0.337 e. The van der Waals surface area contributed by atoms with E-state index in [4.69, 9.17) is 10.5 Å². The van der Waals surface area contributed by atoms with Gasteiger partial charge >= 0.3 is 5.97 Å². The molecular weight excluding hydrogens is 240 g/mol. The zero-order valence-electron chi connectivity index (χ0n) is 11.7. The minimum absolute atomic E-state index is 0.344. The number of hydrogen-bond donors (Lipinski definition) is 1. The molecule has 0 saturated carbocycles. The van der Waals surface area contributed by atoms with Crippen LogP contribution in [0.3, 0.4) is 0 Å². The normalized spacial score (nSPS) is 19.3. The van der Waals surface area contributed by atoms with Crippen molar-refractivity contribution >= 4 is 17.3 Å². The number of methoxy groups -OCH3 is 1. The SMILES string of the molecule is CCC1CCCCN1c1ccc(C(=O)OC)cc1N. The fourth-order valence-corrected chi connectivity index (χ4v) is 2.80. The predicted octanol–water partition coefficient (Wildman–Crippen LogP) is 2.82. The molecule has 1 aromatic carbocycles. The highest BCUT2D eigenvalue weighted by molar-refractivity contribution is 5.92. The van der Waals surface area contributed by atoms with Crippen molar-refractivity contribution in [2.45, 2.75) is 38.6 Å². The van der Waals surface area contributed by atoms with Gasteiger partial charge in [-0.25, -0.2) is 4.79 Å². The molecule has 0 aromatic heterocycles. The van der Waals surface area contributed by atoms with E-state index in [0.29, 0.717) is 17.3 Å². The third-order valence-corrected chi connectivity index (χ3v) is 3.86. The highest BCUT2D eigenvalue weighted by Gasteiger charge is 2.23. The minimum Gasteiger partial charge on any atom is -0.465 e. The van der Waals surface area contributed by atoms with Crippen molar-refractivity contribution in [2.24, 2.45) is 0 Å². The number of carbonyl (C=O) groups is 1. The molecule has 1 heterocycles. The van der Waals surface area contributed by atoms with Gasteiger partial charge < -0.3 is 15.4 Å². The quantitative estimate of drug-likeness (QED) is 0.672. The standard InChI is InChI=1S/C15H22N2O2/c1-3-12-6-4-5-9-17(12)14-8-7-11(10-13(14)16)15(18)19-2/h7-8,10,12H,3-6,9,16H2,1-2H3. The Morgan fingerprint density at radius 2 is 2.26 bits per heavy atom. The van der Waals surface area contributed by atoms with Gasteiger partial charge in [0.15, 0.2) is 0 Å². The second-order valence-corrected chi connectivity index (χ2v) is 5.02. The molecule has 19 heavy (non-hydrogen) atoms. The molecule has 0 spiro atoms. The van der Waals surface area contributed by atoms with Crippen molar-refractivity contribution in [1.29, 1.82) is 0 Å². The Labute approximate surface area is 114 Å². The first-order chi connectivity index (χ1) is 9.17. The summed E-state index contributed by atoms with van der Waals surface area (Å²) in [5.74, 6) is -0.344. The molecule has 1 saturated heterocycles. The zero-order valence-corrected chi connectivity index (χ0v) is 11.7. The summed E-state index contributed by atoms with van der Waals surface area (Å²) in [6, 6.07) is 6.00. The van der Waals surface area contributed by atoms with E-state index < -0.39 is 0 Å². The molecule has 2 rings (SSSR count). The predicted molar refractivity (Wildman–Crippen MR) is 77.5 cm³/mol. The van der Waals surface area contributed by atoms with Crippen molar-refractivity contribution in [1.82, 2.24) is 0 Å². The second kappa shape index (κ2) is 5.95. The van der Waals surface area contributed by atoms with Crippen molar-refractivity contribution in [3.05, 3.63) is 23.8 Å². The fourth-order valence-electron chi connectivity index (χ4n) is 2.80. The van der Waals surface area contributed by atoms with Crippen LogP contribution in [0.4, 0.5) is 11.4 Å². The van der Waals surface area contributed by atoms with Crippen LogP contribution in [-0.4, -0.2) is 25.7 Å². The lowest BCUT2D eigenvalue weighted by Gasteiger charge is -2.37. The van der Waals surface area contributed by atoms with E-state index in [-0.39, 0.29) is 5.97 Å². The Morgan fingerprint density at radius 1 is 1.47 bits per heavy atom. The molecule has 1 aliphatic heterocycles. The average Bonchev–Trinajstić information content (AvgIpc) is 2.46. The van der Waals surface area contributed by atoms with Gasteiger partial charge in [0.25, 0.3) is 0 Å². The highest BCUT2D eigenvalue weighted by Crippen LogP contribution is 2.31. The number of rotatable bonds is 3. The van der Waals surface area contributed by atoms with Crippen LogP contribution in [0.2, 0.25) is 0 Å². The number of esters is 1. The van der Waals surface area contributed by atoms with Gasteiger partial charge in [-0.2, -0.15) is 0 Å². The number of nitrogens with zero attached hydrogens (tertiary/aromatic N) is 1. The number of anilines is 2. The van der Waals surface area contributed by atoms with Gasteiger partial charge in [0.05, 0.1) is 24.0 Å². The molecule has 0 radical (unpaired) electrons. The van der Waals surface area contributed by atoms with Gasteiger partial charge in [-0.3, -0.25) is 0 Å². The lowest BCUT2D eigenvalue weighted by molar-refractivity contribution is 0.0601. The van der Waals surface area contributed by atoms with E-state index in [1.54, 1.807) is 12.1 Å². The maximum atomic E-state index is 11.5. The van der Waals surface area contributed by atoms with Gasteiger partial charge in [-0.15, -0.1) is 0 Å². The number of piperidine rings is 1. The summed E-state index contributed by atoms with van der Waals surface area (Å²) in [5.41, 5.74) is 8.32. The van der Waals surface area contributed by atoms with Crippen LogP contribution in [0, 0.1) is 0 Å². The van der Waals surface area contributed by atoms with E-state index in [1.165, 1.54) is 26.4 Å². The van der Waals surface area contributed by atoms with Gasteiger partial charge in [0.2, 0.25) is 0 Å². The highest BCUT2D eigenvalue weighted by atomic mass is 16.5.